The van der Waals surface area contributed by atoms with Crippen LogP contribution >= 0.6 is 58.0 Å². The molecule has 0 aromatic carbocycles. The van der Waals surface area contributed by atoms with Crippen molar-refractivity contribution in [2.24, 2.45) is 0 Å². The number of nitrogens with zero attached hydrogens (tertiary/aromatic N) is 2. The Morgan fingerprint density at radius 2 is 1.88 bits per heavy atom. The second-order valence-corrected chi connectivity index (χ2v) is 6.03. The summed E-state index contributed by atoms with van der Waals surface area (Å²) in [5, 5.41) is 10.6. The van der Waals surface area contributed by atoms with E-state index in [-0.39, 0.29) is 17.1 Å². The van der Waals surface area contributed by atoms with Crippen LogP contribution in [0.3, 0.4) is 0 Å². The maximum Gasteiger partial charge on any atom is 0.293 e. The number of pyridine rings is 1. The van der Waals surface area contributed by atoms with E-state index in [9.17, 15) is 10.1 Å². The quantitative estimate of drug-likeness (QED) is 0.463. The minimum atomic E-state index is -1.79. The SMILES string of the molecule is O=[N+]([O-])c1ccc(C(Cl)(Cl)Cl)nc1C(Cl)Cl. The number of alkyl halides is 5. The minimum absolute atomic E-state index is 0.0180. The summed E-state index contributed by atoms with van der Waals surface area (Å²) in [6.45, 7) is 0. The van der Waals surface area contributed by atoms with Gasteiger partial charge in [-0.1, -0.05) is 58.0 Å². The molecule has 0 aliphatic carbocycles. The second-order valence-electron chi connectivity index (χ2n) is 2.66. The van der Waals surface area contributed by atoms with Gasteiger partial charge in [-0.2, -0.15) is 0 Å². The van der Waals surface area contributed by atoms with Crippen molar-refractivity contribution in [2.45, 2.75) is 8.63 Å². The van der Waals surface area contributed by atoms with Crippen LogP contribution in [-0.2, 0) is 3.79 Å². The van der Waals surface area contributed by atoms with Crippen molar-refractivity contribution in [3.05, 3.63) is 33.6 Å². The lowest BCUT2D eigenvalue weighted by atomic mass is 10.3. The molecule has 0 aliphatic rings. The molecule has 1 rings (SSSR count). The molecule has 0 bridgehead atoms. The van der Waals surface area contributed by atoms with E-state index >= 15 is 0 Å². The Bertz CT molecular complexity index is 418. The number of aromatic nitrogens is 1. The molecule has 0 N–H and O–H groups in total. The van der Waals surface area contributed by atoms with Gasteiger partial charge in [0.2, 0.25) is 3.79 Å². The van der Waals surface area contributed by atoms with Gasteiger partial charge in [0.05, 0.1) is 10.6 Å². The van der Waals surface area contributed by atoms with Crippen molar-refractivity contribution < 1.29 is 4.92 Å². The van der Waals surface area contributed by atoms with Gasteiger partial charge in [-0.25, -0.2) is 4.98 Å². The first-order chi connectivity index (χ1) is 7.23. The summed E-state index contributed by atoms with van der Waals surface area (Å²) in [5.74, 6) is 0. The first kappa shape index (κ1) is 14.1. The minimum Gasteiger partial charge on any atom is -0.258 e. The Balaban J connectivity index is 3.34. The molecule has 0 saturated carbocycles. The molecule has 9 heteroatoms. The van der Waals surface area contributed by atoms with Crippen molar-refractivity contribution >= 4 is 63.7 Å². The lowest BCUT2D eigenvalue weighted by Crippen LogP contribution is -2.07. The zero-order chi connectivity index (χ0) is 12.5. The van der Waals surface area contributed by atoms with E-state index in [2.05, 4.69) is 4.98 Å². The Labute approximate surface area is 116 Å². The molecular weight excluding hydrogens is 321 g/mol. The Hall–Kier alpha value is -0.000000000000000111. The van der Waals surface area contributed by atoms with Gasteiger partial charge in [0.1, 0.15) is 0 Å². The van der Waals surface area contributed by atoms with E-state index in [0.29, 0.717) is 0 Å². The van der Waals surface area contributed by atoms with E-state index in [1.54, 1.807) is 0 Å². The van der Waals surface area contributed by atoms with Crippen molar-refractivity contribution in [1.82, 2.24) is 4.98 Å². The molecule has 1 aromatic rings. The molecule has 0 atom stereocenters. The molecule has 0 fully saturated rings. The van der Waals surface area contributed by atoms with Crippen LogP contribution in [0.2, 0.25) is 0 Å². The highest BCUT2D eigenvalue weighted by molar-refractivity contribution is 6.66. The zero-order valence-electron chi connectivity index (χ0n) is 7.33. The molecule has 16 heavy (non-hydrogen) atoms. The number of nitro groups is 1. The summed E-state index contributed by atoms with van der Waals surface area (Å²) >= 11 is 27.8. The highest BCUT2D eigenvalue weighted by atomic mass is 35.6. The number of hydrogen-bond acceptors (Lipinski definition) is 3. The van der Waals surface area contributed by atoms with Gasteiger partial charge < -0.3 is 0 Å². The zero-order valence-corrected chi connectivity index (χ0v) is 11.1. The molecule has 0 unspecified atom stereocenters. The molecule has 0 spiro atoms. The van der Waals surface area contributed by atoms with Gasteiger partial charge in [0.25, 0.3) is 5.69 Å². The molecule has 88 valence electrons. The van der Waals surface area contributed by atoms with E-state index in [4.69, 9.17) is 58.0 Å². The Kier molecular flexibility index (Phi) is 4.49. The fourth-order valence-corrected chi connectivity index (χ4v) is 1.58. The summed E-state index contributed by atoms with van der Waals surface area (Å²) in [6.07, 6.45) is 0. The van der Waals surface area contributed by atoms with Crippen molar-refractivity contribution in [1.29, 1.82) is 0 Å². The van der Waals surface area contributed by atoms with E-state index in [1.807, 2.05) is 0 Å². The van der Waals surface area contributed by atoms with Crippen molar-refractivity contribution in [3.8, 4) is 0 Å². The van der Waals surface area contributed by atoms with Crippen LogP contribution in [0.25, 0.3) is 0 Å². The van der Waals surface area contributed by atoms with E-state index in [1.165, 1.54) is 6.07 Å². The molecule has 4 nitrogen and oxygen atoms in total. The molecule has 0 amide bonds. The highest BCUT2D eigenvalue weighted by Crippen LogP contribution is 2.40. The van der Waals surface area contributed by atoms with Gasteiger partial charge in [-0.3, -0.25) is 10.1 Å². The fraction of sp³-hybridized carbons (Fsp3) is 0.286. The maximum atomic E-state index is 10.6. The molecule has 1 heterocycles. The summed E-state index contributed by atoms with van der Waals surface area (Å²) in [7, 11) is 0. The predicted molar refractivity (Wildman–Crippen MR) is 64.6 cm³/mol. The largest absolute Gasteiger partial charge is 0.293 e. The summed E-state index contributed by atoms with van der Waals surface area (Å²) in [4.78, 5) is 12.6. The predicted octanol–water partition coefficient (Wildman–Crippen LogP) is 4.29. The molecule has 0 aliphatic heterocycles. The van der Waals surface area contributed by atoms with E-state index in [0.717, 1.165) is 6.07 Å². The van der Waals surface area contributed by atoms with Gasteiger partial charge in [-0.05, 0) is 6.07 Å². The molecule has 1 aromatic heterocycles. The van der Waals surface area contributed by atoms with Gasteiger partial charge >= 0.3 is 0 Å². The standard InChI is InChI=1S/C7H3Cl5N2O2/c8-6(9)5-3(14(15)16)1-2-4(13-5)7(10,11)12/h1-2,6H. The second kappa shape index (κ2) is 5.10. The molecule has 0 radical (unpaired) electrons. The third-order valence-corrected chi connectivity index (χ3v) is 2.59. The topological polar surface area (TPSA) is 56.0 Å². The van der Waals surface area contributed by atoms with Crippen LogP contribution in [0.5, 0.6) is 0 Å². The average Bonchev–Trinajstić information content (AvgIpc) is 2.15. The molecule has 0 saturated heterocycles. The fourth-order valence-electron chi connectivity index (χ4n) is 0.940. The first-order valence-corrected chi connectivity index (χ1v) is 5.75. The lowest BCUT2D eigenvalue weighted by Gasteiger charge is -2.11. The Morgan fingerprint density at radius 1 is 1.31 bits per heavy atom. The highest BCUT2D eigenvalue weighted by Gasteiger charge is 2.29. The number of rotatable bonds is 2. The smallest absolute Gasteiger partial charge is 0.258 e. The average molecular weight is 324 g/mol. The van der Waals surface area contributed by atoms with Crippen LogP contribution in [0.1, 0.15) is 16.2 Å². The van der Waals surface area contributed by atoms with Gasteiger partial charge in [-0.15, -0.1) is 0 Å². The van der Waals surface area contributed by atoms with Crippen LogP contribution in [0.15, 0.2) is 12.1 Å². The first-order valence-electron chi connectivity index (χ1n) is 3.74. The number of halogens is 5. The Morgan fingerprint density at radius 3 is 2.25 bits per heavy atom. The summed E-state index contributed by atoms with van der Waals surface area (Å²) in [5.41, 5.74) is -0.463. The normalized spacial score (nSPS) is 11.9. The van der Waals surface area contributed by atoms with Crippen molar-refractivity contribution in [3.63, 3.8) is 0 Å². The summed E-state index contributed by atoms with van der Waals surface area (Å²) in [6, 6.07) is 2.36. The third kappa shape index (κ3) is 3.25. The summed E-state index contributed by atoms with van der Waals surface area (Å²) < 4.78 is -1.79. The third-order valence-electron chi connectivity index (χ3n) is 1.60. The van der Waals surface area contributed by atoms with Crippen LogP contribution in [0.4, 0.5) is 5.69 Å². The van der Waals surface area contributed by atoms with Crippen molar-refractivity contribution in [2.75, 3.05) is 0 Å². The van der Waals surface area contributed by atoms with Gasteiger partial charge in [0, 0.05) is 6.07 Å². The number of hydrogen-bond donors (Lipinski definition) is 0. The van der Waals surface area contributed by atoms with Crippen LogP contribution in [-0.4, -0.2) is 9.91 Å². The van der Waals surface area contributed by atoms with Gasteiger partial charge in [0.15, 0.2) is 10.5 Å². The molecular formula is C7H3Cl5N2O2. The van der Waals surface area contributed by atoms with Crippen LogP contribution in [0, 0.1) is 10.1 Å². The van der Waals surface area contributed by atoms with Crippen LogP contribution < -0.4 is 0 Å². The maximum absolute atomic E-state index is 10.6. The van der Waals surface area contributed by atoms with E-state index < -0.39 is 13.6 Å². The lowest BCUT2D eigenvalue weighted by molar-refractivity contribution is -0.385. The monoisotopic (exact) mass is 322 g/mol.